The lowest BCUT2D eigenvalue weighted by atomic mass is 9.92. The molecule has 2 heteroatoms. The Kier molecular flexibility index (Phi) is 2.97. The van der Waals surface area contributed by atoms with Crippen LogP contribution >= 0.6 is 0 Å². The molecule has 16 heavy (non-hydrogen) atoms. The Morgan fingerprint density at radius 1 is 1.25 bits per heavy atom. The summed E-state index contributed by atoms with van der Waals surface area (Å²) in [6, 6.07) is 0.842. The summed E-state index contributed by atoms with van der Waals surface area (Å²) >= 11 is 0. The third kappa shape index (κ3) is 2.14. The first-order valence-electron chi connectivity index (χ1n) is 7.23. The molecule has 3 atom stereocenters. The average molecular weight is 222 g/mol. The van der Waals surface area contributed by atoms with Crippen molar-refractivity contribution in [2.24, 2.45) is 17.3 Å². The van der Waals surface area contributed by atoms with Crippen LogP contribution in [0.15, 0.2) is 0 Å². The maximum absolute atomic E-state index is 3.83. The van der Waals surface area contributed by atoms with Gasteiger partial charge in [0.15, 0.2) is 0 Å². The van der Waals surface area contributed by atoms with Gasteiger partial charge in [-0.3, -0.25) is 0 Å². The smallest absolute Gasteiger partial charge is 0.00698 e. The molecular formula is C14H26N2. The molecule has 1 heterocycles. The second-order valence-electron chi connectivity index (χ2n) is 6.54. The minimum atomic E-state index is 0.766. The van der Waals surface area contributed by atoms with E-state index in [0.717, 1.165) is 23.3 Å². The quantitative estimate of drug-likeness (QED) is 0.764. The van der Waals surface area contributed by atoms with Crippen molar-refractivity contribution in [1.82, 2.24) is 10.6 Å². The van der Waals surface area contributed by atoms with Crippen molar-refractivity contribution in [3.05, 3.63) is 0 Å². The van der Waals surface area contributed by atoms with Gasteiger partial charge in [0.1, 0.15) is 0 Å². The highest BCUT2D eigenvalue weighted by Crippen LogP contribution is 2.58. The molecular weight excluding hydrogens is 196 g/mol. The van der Waals surface area contributed by atoms with E-state index in [0.29, 0.717) is 0 Å². The standard InChI is InChI=1S/C14H26N2/c1-11-2-3-13(8-11)16-10-12-9-14(12)4-6-15-7-5-14/h11-13,15-16H,2-10H2,1H3. The molecule has 2 aliphatic carbocycles. The van der Waals surface area contributed by atoms with Gasteiger partial charge in [-0.15, -0.1) is 0 Å². The molecule has 0 bridgehead atoms. The molecule has 3 aliphatic rings. The molecule has 0 radical (unpaired) electrons. The van der Waals surface area contributed by atoms with Crippen LogP contribution in [-0.4, -0.2) is 25.7 Å². The molecule has 2 N–H and O–H groups in total. The normalized spacial score (nSPS) is 41.4. The van der Waals surface area contributed by atoms with E-state index in [1.54, 1.807) is 0 Å². The molecule has 0 amide bonds. The van der Waals surface area contributed by atoms with Gasteiger partial charge in [0, 0.05) is 6.04 Å². The molecule has 0 aromatic heterocycles. The average Bonchev–Trinajstić information content (AvgIpc) is 2.77. The molecule has 0 aromatic rings. The van der Waals surface area contributed by atoms with Crippen molar-refractivity contribution < 1.29 is 0 Å². The van der Waals surface area contributed by atoms with Crippen LogP contribution in [0, 0.1) is 17.3 Å². The highest BCUT2D eigenvalue weighted by atomic mass is 15.0. The van der Waals surface area contributed by atoms with E-state index in [-0.39, 0.29) is 0 Å². The first-order chi connectivity index (χ1) is 7.78. The molecule has 2 nitrogen and oxygen atoms in total. The number of piperidine rings is 1. The molecule has 3 unspecified atom stereocenters. The van der Waals surface area contributed by atoms with Gasteiger partial charge in [0.25, 0.3) is 0 Å². The third-order valence-electron chi connectivity index (χ3n) is 5.31. The van der Waals surface area contributed by atoms with Crippen LogP contribution in [0.4, 0.5) is 0 Å². The van der Waals surface area contributed by atoms with Crippen LogP contribution in [0.1, 0.15) is 45.4 Å². The van der Waals surface area contributed by atoms with E-state index in [4.69, 9.17) is 0 Å². The Hall–Kier alpha value is -0.0800. The predicted octanol–water partition coefficient (Wildman–Crippen LogP) is 2.15. The third-order valence-corrected chi connectivity index (χ3v) is 5.31. The zero-order valence-corrected chi connectivity index (χ0v) is 10.6. The number of hydrogen-bond acceptors (Lipinski definition) is 2. The fourth-order valence-corrected chi connectivity index (χ4v) is 3.96. The summed E-state index contributed by atoms with van der Waals surface area (Å²) in [5.74, 6) is 1.97. The summed E-state index contributed by atoms with van der Waals surface area (Å²) in [5, 5.41) is 7.31. The predicted molar refractivity (Wildman–Crippen MR) is 67.4 cm³/mol. The Balaban J connectivity index is 1.40. The van der Waals surface area contributed by atoms with E-state index in [9.17, 15) is 0 Å². The maximum atomic E-state index is 3.83. The second kappa shape index (κ2) is 4.30. The molecule has 0 aromatic carbocycles. The van der Waals surface area contributed by atoms with Crippen LogP contribution < -0.4 is 10.6 Å². The van der Waals surface area contributed by atoms with E-state index in [1.807, 2.05) is 0 Å². The fraction of sp³-hybridized carbons (Fsp3) is 1.00. The van der Waals surface area contributed by atoms with Gasteiger partial charge in [-0.25, -0.2) is 0 Å². The summed E-state index contributed by atoms with van der Waals surface area (Å²) in [6.07, 6.45) is 8.64. The second-order valence-corrected chi connectivity index (χ2v) is 6.54. The lowest BCUT2D eigenvalue weighted by molar-refractivity contribution is 0.314. The molecule has 1 aliphatic heterocycles. The van der Waals surface area contributed by atoms with Gasteiger partial charge in [-0.05, 0) is 75.4 Å². The lowest BCUT2D eigenvalue weighted by Crippen LogP contribution is -2.33. The summed E-state index contributed by atoms with van der Waals surface area (Å²) in [6.45, 7) is 6.22. The first kappa shape index (κ1) is 11.0. The number of rotatable bonds is 3. The molecule has 1 spiro atoms. The van der Waals surface area contributed by atoms with Crippen LogP contribution in [-0.2, 0) is 0 Å². The topological polar surface area (TPSA) is 24.1 Å². The van der Waals surface area contributed by atoms with Gasteiger partial charge in [-0.2, -0.15) is 0 Å². The van der Waals surface area contributed by atoms with Gasteiger partial charge < -0.3 is 10.6 Å². The van der Waals surface area contributed by atoms with Crippen molar-refractivity contribution in [2.45, 2.75) is 51.5 Å². The van der Waals surface area contributed by atoms with Gasteiger partial charge in [0.05, 0.1) is 0 Å². The van der Waals surface area contributed by atoms with Crippen LogP contribution in [0.5, 0.6) is 0 Å². The van der Waals surface area contributed by atoms with E-state index in [2.05, 4.69) is 17.6 Å². The van der Waals surface area contributed by atoms with Crippen LogP contribution in [0.2, 0.25) is 0 Å². The molecule has 3 rings (SSSR count). The zero-order chi connectivity index (χ0) is 11.0. The largest absolute Gasteiger partial charge is 0.317 e. The lowest BCUT2D eigenvalue weighted by Gasteiger charge is -2.24. The minimum Gasteiger partial charge on any atom is -0.317 e. The van der Waals surface area contributed by atoms with E-state index >= 15 is 0 Å². The van der Waals surface area contributed by atoms with Gasteiger partial charge >= 0.3 is 0 Å². The summed E-state index contributed by atoms with van der Waals surface area (Å²) in [4.78, 5) is 0. The van der Waals surface area contributed by atoms with Crippen molar-refractivity contribution in [2.75, 3.05) is 19.6 Å². The zero-order valence-electron chi connectivity index (χ0n) is 10.6. The van der Waals surface area contributed by atoms with Crippen molar-refractivity contribution in [3.63, 3.8) is 0 Å². The Bertz CT molecular complexity index is 245. The summed E-state index contributed by atoms with van der Waals surface area (Å²) < 4.78 is 0. The molecule has 92 valence electrons. The number of nitrogens with one attached hydrogen (secondary N) is 2. The molecule has 1 saturated heterocycles. The number of hydrogen-bond donors (Lipinski definition) is 2. The minimum absolute atomic E-state index is 0.766. The van der Waals surface area contributed by atoms with Crippen molar-refractivity contribution >= 4 is 0 Å². The fourth-order valence-electron chi connectivity index (χ4n) is 3.96. The Morgan fingerprint density at radius 3 is 2.75 bits per heavy atom. The van der Waals surface area contributed by atoms with Gasteiger partial charge in [0.2, 0.25) is 0 Å². The SMILES string of the molecule is CC1CCC(NCC2CC23CCNCC3)C1. The highest BCUT2D eigenvalue weighted by Gasteiger charge is 2.53. The van der Waals surface area contributed by atoms with E-state index in [1.165, 1.54) is 58.2 Å². The van der Waals surface area contributed by atoms with Crippen molar-refractivity contribution in [1.29, 1.82) is 0 Å². The Labute approximate surface area is 99.6 Å². The first-order valence-corrected chi connectivity index (χ1v) is 7.23. The molecule has 3 fully saturated rings. The van der Waals surface area contributed by atoms with E-state index < -0.39 is 0 Å². The summed E-state index contributed by atoms with van der Waals surface area (Å²) in [5.41, 5.74) is 0.766. The maximum Gasteiger partial charge on any atom is 0.00698 e. The Morgan fingerprint density at radius 2 is 2.06 bits per heavy atom. The highest BCUT2D eigenvalue weighted by molar-refractivity contribution is 5.05. The van der Waals surface area contributed by atoms with Gasteiger partial charge in [-0.1, -0.05) is 6.92 Å². The van der Waals surface area contributed by atoms with Crippen LogP contribution in [0.3, 0.4) is 0 Å². The van der Waals surface area contributed by atoms with Crippen molar-refractivity contribution in [3.8, 4) is 0 Å². The molecule has 2 saturated carbocycles. The monoisotopic (exact) mass is 222 g/mol. The van der Waals surface area contributed by atoms with Crippen LogP contribution in [0.25, 0.3) is 0 Å². The summed E-state index contributed by atoms with van der Waals surface area (Å²) in [7, 11) is 0.